The van der Waals surface area contributed by atoms with Gasteiger partial charge in [-0.3, -0.25) is 4.72 Å². The minimum atomic E-state index is -3.84. The summed E-state index contributed by atoms with van der Waals surface area (Å²) in [5.74, 6) is 0. The summed E-state index contributed by atoms with van der Waals surface area (Å²) in [6, 6.07) is 11.9. The smallest absolute Gasteiger partial charge is 0.261 e. The summed E-state index contributed by atoms with van der Waals surface area (Å²) >= 11 is 1.24. The Morgan fingerprint density at radius 2 is 1.46 bits per heavy atom. The van der Waals surface area contributed by atoms with E-state index < -0.39 is 20.0 Å². The maximum absolute atomic E-state index is 12.6. The SMILES string of the molecule is O=S(=O)(Nc1ccc(-c2csnn2)cc1)c1ccc(S(=O)(=O)NC2CC2)cc1. The number of nitrogens with zero attached hydrogens (tertiary/aromatic N) is 2. The lowest BCUT2D eigenvalue weighted by molar-refractivity contribution is 0.580. The first kappa shape index (κ1) is 19.0. The van der Waals surface area contributed by atoms with Crippen molar-refractivity contribution in [1.82, 2.24) is 14.3 Å². The largest absolute Gasteiger partial charge is 0.280 e. The van der Waals surface area contributed by atoms with Gasteiger partial charge in [0.25, 0.3) is 10.0 Å². The predicted octanol–water partition coefficient (Wildman–Crippen LogP) is 2.45. The number of benzene rings is 2. The third-order valence-electron chi connectivity index (χ3n) is 4.14. The van der Waals surface area contributed by atoms with Gasteiger partial charge in [-0.1, -0.05) is 16.6 Å². The van der Waals surface area contributed by atoms with E-state index in [1.807, 2.05) is 0 Å². The molecule has 0 unspecified atom stereocenters. The summed E-state index contributed by atoms with van der Waals surface area (Å²) in [5, 5.41) is 5.76. The van der Waals surface area contributed by atoms with Gasteiger partial charge in [0, 0.05) is 22.7 Å². The van der Waals surface area contributed by atoms with Crippen LogP contribution in [-0.4, -0.2) is 32.5 Å². The molecule has 4 rings (SSSR count). The molecule has 28 heavy (non-hydrogen) atoms. The molecule has 0 saturated heterocycles. The Morgan fingerprint density at radius 1 is 0.857 bits per heavy atom. The first-order chi connectivity index (χ1) is 13.3. The van der Waals surface area contributed by atoms with Crippen LogP contribution >= 0.6 is 11.5 Å². The van der Waals surface area contributed by atoms with Crippen LogP contribution in [0.4, 0.5) is 5.69 Å². The van der Waals surface area contributed by atoms with Gasteiger partial charge in [-0.25, -0.2) is 21.6 Å². The van der Waals surface area contributed by atoms with E-state index in [2.05, 4.69) is 19.0 Å². The minimum absolute atomic E-state index is 0.0156. The Morgan fingerprint density at radius 3 is 2.00 bits per heavy atom. The number of rotatable bonds is 7. The summed E-state index contributed by atoms with van der Waals surface area (Å²) in [6.45, 7) is 0. The molecule has 8 nitrogen and oxygen atoms in total. The molecule has 3 aromatic rings. The van der Waals surface area contributed by atoms with Crippen molar-refractivity contribution in [2.45, 2.75) is 28.7 Å². The molecule has 1 aliphatic rings. The zero-order valence-corrected chi connectivity index (χ0v) is 16.9. The molecule has 11 heteroatoms. The molecule has 0 radical (unpaired) electrons. The van der Waals surface area contributed by atoms with Crippen molar-refractivity contribution in [3.63, 3.8) is 0 Å². The fourth-order valence-electron chi connectivity index (χ4n) is 2.50. The van der Waals surface area contributed by atoms with E-state index in [1.54, 1.807) is 29.6 Å². The minimum Gasteiger partial charge on any atom is -0.280 e. The second kappa shape index (κ2) is 7.24. The van der Waals surface area contributed by atoms with Crippen LogP contribution in [0.3, 0.4) is 0 Å². The highest BCUT2D eigenvalue weighted by atomic mass is 32.2. The lowest BCUT2D eigenvalue weighted by atomic mass is 10.2. The third-order valence-corrected chi connectivity index (χ3v) is 7.57. The van der Waals surface area contributed by atoms with E-state index in [1.165, 1.54) is 35.8 Å². The van der Waals surface area contributed by atoms with E-state index in [0.29, 0.717) is 5.69 Å². The van der Waals surface area contributed by atoms with Gasteiger partial charge in [0.2, 0.25) is 10.0 Å². The zero-order valence-electron chi connectivity index (χ0n) is 14.4. The predicted molar refractivity (Wildman–Crippen MR) is 106 cm³/mol. The molecule has 0 bridgehead atoms. The summed E-state index contributed by atoms with van der Waals surface area (Å²) in [5.41, 5.74) is 1.93. The second-order valence-corrected chi connectivity index (χ2v) is 10.3. The normalized spacial score (nSPS) is 14.7. The average Bonchev–Trinajstić information content (AvgIpc) is 3.30. The maximum Gasteiger partial charge on any atom is 0.261 e. The molecule has 0 atom stereocenters. The number of aromatic nitrogens is 2. The van der Waals surface area contributed by atoms with Crippen LogP contribution in [-0.2, 0) is 20.0 Å². The van der Waals surface area contributed by atoms with Gasteiger partial charge in [0.15, 0.2) is 0 Å². The standard InChI is InChI=1S/C17H16N4O4S3/c22-27(23,19-13-3-1-12(2-4-13)17-11-26-21-18-17)15-7-9-16(10-8-15)28(24,25)20-14-5-6-14/h1-4,7-11,14,19-20H,5-6H2. The second-order valence-electron chi connectivity index (χ2n) is 6.34. The van der Waals surface area contributed by atoms with Gasteiger partial charge < -0.3 is 0 Å². The van der Waals surface area contributed by atoms with Crippen LogP contribution in [0.25, 0.3) is 11.3 Å². The Kier molecular flexibility index (Phi) is 4.91. The number of hydrogen-bond donors (Lipinski definition) is 2. The molecule has 1 saturated carbocycles. The molecule has 146 valence electrons. The summed E-state index contributed by atoms with van der Waals surface area (Å²) < 4.78 is 58.3. The number of nitrogens with one attached hydrogen (secondary N) is 2. The molecule has 1 heterocycles. The molecule has 0 spiro atoms. The maximum atomic E-state index is 12.6. The average molecular weight is 437 g/mol. The topological polar surface area (TPSA) is 118 Å². The number of sulfonamides is 2. The Balaban J connectivity index is 1.50. The lowest BCUT2D eigenvalue weighted by Crippen LogP contribution is -2.25. The molecule has 1 aliphatic carbocycles. The highest BCUT2D eigenvalue weighted by molar-refractivity contribution is 7.92. The van der Waals surface area contributed by atoms with Crippen LogP contribution in [0.1, 0.15) is 12.8 Å². The molecule has 1 aromatic heterocycles. The van der Waals surface area contributed by atoms with E-state index in [0.717, 1.165) is 24.1 Å². The molecule has 0 aliphatic heterocycles. The molecule has 0 amide bonds. The molecule has 1 fully saturated rings. The van der Waals surface area contributed by atoms with Crippen LogP contribution < -0.4 is 9.44 Å². The van der Waals surface area contributed by atoms with Crippen molar-refractivity contribution < 1.29 is 16.8 Å². The van der Waals surface area contributed by atoms with E-state index >= 15 is 0 Å². The van der Waals surface area contributed by atoms with Gasteiger partial charge in [-0.15, -0.1) is 5.10 Å². The Hall–Kier alpha value is -2.34. The highest BCUT2D eigenvalue weighted by Gasteiger charge is 2.28. The Labute approximate surface area is 166 Å². The van der Waals surface area contributed by atoms with E-state index in [-0.39, 0.29) is 15.8 Å². The first-order valence-corrected chi connectivity index (χ1v) is 12.2. The summed E-state index contributed by atoms with van der Waals surface area (Å²) in [4.78, 5) is 0.0187. The lowest BCUT2D eigenvalue weighted by Gasteiger charge is -2.10. The fourth-order valence-corrected chi connectivity index (χ4v) is 5.33. The van der Waals surface area contributed by atoms with Crippen molar-refractivity contribution in [1.29, 1.82) is 0 Å². The van der Waals surface area contributed by atoms with Crippen molar-refractivity contribution in [2.75, 3.05) is 4.72 Å². The van der Waals surface area contributed by atoms with Crippen molar-refractivity contribution in [3.05, 3.63) is 53.9 Å². The van der Waals surface area contributed by atoms with Gasteiger partial charge in [0.05, 0.1) is 9.79 Å². The van der Waals surface area contributed by atoms with Crippen molar-refractivity contribution >= 4 is 37.3 Å². The first-order valence-electron chi connectivity index (χ1n) is 8.36. The quantitative estimate of drug-likeness (QED) is 0.587. The zero-order chi connectivity index (χ0) is 19.8. The van der Waals surface area contributed by atoms with E-state index in [9.17, 15) is 16.8 Å². The van der Waals surface area contributed by atoms with Gasteiger partial charge in [0.1, 0.15) is 5.69 Å². The van der Waals surface area contributed by atoms with Crippen LogP contribution in [0.15, 0.2) is 63.7 Å². The Bertz CT molecular complexity index is 1170. The fraction of sp³-hybridized carbons (Fsp3) is 0.176. The molecule has 2 aromatic carbocycles. The number of hydrogen-bond acceptors (Lipinski definition) is 7. The van der Waals surface area contributed by atoms with Gasteiger partial charge in [-0.2, -0.15) is 0 Å². The van der Waals surface area contributed by atoms with Gasteiger partial charge in [-0.05, 0) is 60.8 Å². The van der Waals surface area contributed by atoms with Crippen LogP contribution in [0.2, 0.25) is 0 Å². The summed E-state index contributed by atoms with van der Waals surface area (Å²) in [6.07, 6.45) is 1.65. The van der Waals surface area contributed by atoms with Crippen LogP contribution in [0, 0.1) is 0 Å². The van der Waals surface area contributed by atoms with Crippen LogP contribution in [0.5, 0.6) is 0 Å². The van der Waals surface area contributed by atoms with Gasteiger partial charge >= 0.3 is 0 Å². The van der Waals surface area contributed by atoms with Crippen molar-refractivity contribution in [2.24, 2.45) is 0 Å². The monoisotopic (exact) mass is 436 g/mol. The molecular weight excluding hydrogens is 420 g/mol. The molecule has 2 N–H and O–H groups in total. The highest BCUT2D eigenvalue weighted by Crippen LogP contribution is 2.24. The van der Waals surface area contributed by atoms with E-state index in [4.69, 9.17) is 0 Å². The van der Waals surface area contributed by atoms with Crippen molar-refractivity contribution in [3.8, 4) is 11.3 Å². The molecular formula is C17H16N4O4S3. The third kappa shape index (κ3) is 4.22. The number of anilines is 1. The summed E-state index contributed by atoms with van der Waals surface area (Å²) in [7, 11) is -7.46.